The fourth-order valence-corrected chi connectivity index (χ4v) is 1.35. The van der Waals surface area contributed by atoms with Gasteiger partial charge in [-0.15, -0.1) is 0 Å². The van der Waals surface area contributed by atoms with E-state index < -0.39 is 12.0 Å². The van der Waals surface area contributed by atoms with E-state index in [0.717, 1.165) is 10.6 Å². The summed E-state index contributed by atoms with van der Waals surface area (Å²) in [5.74, 6) is -1.03. The van der Waals surface area contributed by atoms with Crippen molar-refractivity contribution in [2.24, 2.45) is 7.05 Å². The lowest BCUT2D eigenvalue weighted by Gasteiger charge is -2.15. The van der Waals surface area contributed by atoms with E-state index in [2.05, 4.69) is 10.4 Å². The van der Waals surface area contributed by atoms with E-state index in [1.165, 1.54) is 7.05 Å². The number of hydrogen-bond acceptors (Lipinski definition) is 3. The highest BCUT2D eigenvalue weighted by molar-refractivity contribution is 5.79. The van der Waals surface area contributed by atoms with Crippen LogP contribution in [0.3, 0.4) is 0 Å². The van der Waals surface area contributed by atoms with Gasteiger partial charge in [0.1, 0.15) is 6.54 Å². The van der Waals surface area contributed by atoms with Gasteiger partial charge in [-0.05, 0) is 6.07 Å². The monoisotopic (exact) mass is 240 g/mol. The van der Waals surface area contributed by atoms with Crippen LogP contribution in [0.25, 0.3) is 0 Å². The lowest BCUT2D eigenvalue weighted by molar-refractivity contribution is -0.137. The Balaban J connectivity index is 2.29. The number of nitrogens with zero attached hydrogens (tertiary/aromatic N) is 3. The van der Waals surface area contributed by atoms with Crippen molar-refractivity contribution in [3.8, 4) is 0 Å². The average Bonchev–Trinajstić information content (AvgIpc) is 2.63. The normalized spacial score (nSPS) is 10.0. The van der Waals surface area contributed by atoms with Crippen LogP contribution in [0, 0.1) is 0 Å². The Hall–Kier alpha value is -2.05. The molecule has 2 amide bonds. The first-order valence-corrected chi connectivity index (χ1v) is 5.18. The molecule has 0 aliphatic heterocycles. The molecule has 1 aromatic rings. The minimum atomic E-state index is -1.03. The molecule has 7 nitrogen and oxygen atoms in total. The predicted molar refractivity (Wildman–Crippen MR) is 60.6 cm³/mol. The Morgan fingerprint density at radius 2 is 2.29 bits per heavy atom. The molecule has 0 atom stereocenters. The van der Waals surface area contributed by atoms with Gasteiger partial charge in [0, 0.05) is 39.0 Å². The van der Waals surface area contributed by atoms with Crippen LogP contribution in [0.1, 0.15) is 5.69 Å². The smallest absolute Gasteiger partial charge is 0.323 e. The maximum atomic E-state index is 11.4. The first-order chi connectivity index (χ1) is 8.00. The Morgan fingerprint density at radius 1 is 1.59 bits per heavy atom. The molecule has 0 saturated carbocycles. The Bertz CT molecular complexity index is 402. The zero-order valence-electron chi connectivity index (χ0n) is 9.88. The second-order valence-electron chi connectivity index (χ2n) is 3.68. The number of carboxylic acids is 1. The summed E-state index contributed by atoms with van der Waals surface area (Å²) in [6, 6.07) is 1.47. The zero-order valence-corrected chi connectivity index (χ0v) is 9.88. The minimum absolute atomic E-state index is 0.308. The lowest BCUT2D eigenvalue weighted by atomic mass is 10.3. The van der Waals surface area contributed by atoms with E-state index in [-0.39, 0.29) is 6.54 Å². The summed E-state index contributed by atoms with van der Waals surface area (Å²) in [7, 11) is 3.27. The number of carboxylic acid groups (broad SMARTS) is 1. The fourth-order valence-electron chi connectivity index (χ4n) is 1.35. The van der Waals surface area contributed by atoms with Crippen LogP contribution in [0.2, 0.25) is 0 Å². The minimum Gasteiger partial charge on any atom is -0.480 e. The molecule has 0 aliphatic carbocycles. The Morgan fingerprint density at radius 3 is 2.82 bits per heavy atom. The van der Waals surface area contributed by atoms with Crippen LogP contribution < -0.4 is 5.32 Å². The van der Waals surface area contributed by atoms with Gasteiger partial charge in [-0.1, -0.05) is 0 Å². The van der Waals surface area contributed by atoms with Crippen LogP contribution in [-0.4, -0.2) is 51.9 Å². The van der Waals surface area contributed by atoms with Crippen LogP contribution in [0.5, 0.6) is 0 Å². The lowest BCUT2D eigenvalue weighted by Crippen LogP contribution is -2.40. The molecule has 2 N–H and O–H groups in total. The number of carbonyl (C=O) groups excluding carboxylic acids is 1. The molecule has 1 rings (SSSR count). The highest BCUT2D eigenvalue weighted by Crippen LogP contribution is 1.96. The first-order valence-electron chi connectivity index (χ1n) is 5.18. The molecule has 7 heteroatoms. The molecule has 1 heterocycles. The molecule has 0 aliphatic rings. The third-order valence-electron chi connectivity index (χ3n) is 2.30. The Kier molecular flexibility index (Phi) is 4.50. The number of aliphatic carboxylic acids is 1. The molecule has 0 fully saturated rings. The van der Waals surface area contributed by atoms with Gasteiger partial charge in [-0.25, -0.2) is 4.79 Å². The van der Waals surface area contributed by atoms with Crippen molar-refractivity contribution in [3.63, 3.8) is 0 Å². The quantitative estimate of drug-likeness (QED) is 0.739. The van der Waals surface area contributed by atoms with Crippen LogP contribution >= 0.6 is 0 Å². The molecule has 0 aromatic carbocycles. The second-order valence-corrected chi connectivity index (χ2v) is 3.68. The van der Waals surface area contributed by atoms with E-state index in [0.29, 0.717) is 13.0 Å². The number of likely N-dealkylation sites (N-methyl/N-ethyl adjacent to an activating group) is 1. The first kappa shape index (κ1) is 13.0. The number of rotatable bonds is 5. The number of urea groups is 1. The molecule has 0 bridgehead atoms. The second kappa shape index (κ2) is 5.88. The topological polar surface area (TPSA) is 87.5 Å². The summed E-state index contributed by atoms with van der Waals surface area (Å²) in [6.07, 6.45) is 2.34. The van der Waals surface area contributed by atoms with Crippen molar-refractivity contribution >= 4 is 12.0 Å². The third kappa shape index (κ3) is 4.13. The molecule has 17 heavy (non-hydrogen) atoms. The predicted octanol–water partition coefficient (Wildman–Crippen LogP) is -0.311. The van der Waals surface area contributed by atoms with Crippen molar-refractivity contribution in [1.82, 2.24) is 20.0 Å². The van der Waals surface area contributed by atoms with Crippen molar-refractivity contribution < 1.29 is 14.7 Å². The standard InChI is InChI=1S/C10H16N4O3/c1-13(7-9(15)16)10(17)11-5-3-8-4-6-12-14(8)2/h4,6H,3,5,7H2,1-2H3,(H,11,17)(H,15,16). The van der Waals surface area contributed by atoms with E-state index >= 15 is 0 Å². The van der Waals surface area contributed by atoms with Gasteiger partial charge >= 0.3 is 12.0 Å². The summed E-state index contributed by atoms with van der Waals surface area (Å²) in [4.78, 5) is 22.9. The summed E-state index contributed by atoms with van der Waals surface area (Å²) in [5, 5.41) is 15.2. The largest absolute Gasteiger partial charge is 0.480 e. The molecule has 0 spiro atoms. The molecule has 0 radical (unpaired) electrons. The zero-order chi connectivity index (χ0) is 12.8. The van der Waals surface area contributed by atoms with Gasteiger partial charge in [0.2, 0.25) is 0 Å². The van der Waals surface area contributed by atoms with Crippen molar-refractivity contribution in [2.75, 3.05) is 20.1 Å². The number of amides is 2. The van der Waals surface area contributed by atoms with Crippen LogP contribution in [0.4, 0.5) is 4.79 Å². The number of hydrogen-bond donors (Lipinski definition) is 2. The summed E-state index contributed by atoms with van der Waals surface area (Å²) < 4.78 is 1.73. The van der Waals surface area contributed by atoms with Crippen molar-refractivity contribution in [1.29, 1.82) is 0 Å². The van der Waals surface area contributed by atoms with Crippen LogP contribution in [-0.2, 0) is 18.3 Å². The van der Waals surface area contributed by atoms with E-state index in [1.807, 2.05) is 13.1 Å². The molecule has 0 saturated heterocycles. The van der Waals surface area contributed by atoms with Gasteiger partial charge in [0.15, 0.2) is 0 Å². The molecular weight excluding hydrogens is 224 g/mol. The van der Waals surface area contributed by atoms with Crippen molar-refractivity contribution in [2.45, 2.75) is 6.42 Å². The average molecular weight is 240 g/mol. The van der Waals surface area contributed by atoms with Gasteiger partial charge in [0.25, 0.3) is 0 Å². The third-order valence-corrected chi connectivity index (χ3v) is 2.30. The molecular formula is C10H16N4O3. The fraction of sp³-hybridized carbons (Fsp3) is 0.500. The van der Waals surface area contributed by atoms with Gasteiger partial charge in [-0.3, -0.25) is 9.48 Å². The SMILES string of the molecule is CN(CC(=O)O)C(=O)NCCc1ccnn1C. The maximum Gasteiger partial charge on any atom is 0.323 e. The molecule has 0 unspecified atom stereocenters. The number of nitrogens with one attached hydrogen (secondary N) is 1. The number of aromatic nitrogens is 2. The van der Waals surface area contributed by atoms with Crippen molar-refractivity contribution in [3.05, 3.63) is 18.0 Å². The van der Waals surface area contributed by atoms with Crippen LogP contribution in [0.15, 0.2) is 12.3 Å². The van der Waals surface area contributed by atoms with E-state index in [9.17, 15) is 9.59 Å². The highest BCUT2D eigenvalue weighted by Gasteiger charge is 2.11. The van der Waals surface area contributed by atoms with E-state index in [1.54, 1.807) is 10.9 Å². The molecule has 94 valence electrons. The number of carbonyl (C=O) groups is 2. The number of aryl methyl sites for hydroxylation is 1. The summed E-state index contributed by atoms with van der Waals surface area (Å²) >= 11 is 0. The Labute approximate surface area is 99.0 Å². The summed E-state index contributed by atoms with van der Waals surface area (Å²) in [6.45, 7) is 0.139. The molecule has 1 aromatic heterocycles. The summed E-state index contributed by atoms with van der Waals surface area (Å²) in [5.41, 5.74) is 1.01. The van der Waals surface area contributed by atoms with Gasteiger partial charge in [-0.2, -0.15) is 5.10 Å². The maximum absolute atomic E-state index is 11.4. The van der Waals surface area contributed by atoms with Gasteiger partial charge < -0.3 is 15.3 Å². The van der Waals surface area contributed by atoms with Gasteiger partial charge in [0.05, 0.1) is 0 Å². The highest BCUT2D eigenvalue weighted by atomic mass is 16.4. The van der Waals surface area contributed by atoms with E-state index in [4.69, 9.17) is 5.11 Å².